The third-order valence-electron chi connectivity index (χ3n) is 4.60. The highest BCUT2D eigenvalue weighted by atomic mass is 32.1. The standard InChI is InChI=1S/C17H26N4OS/c1-11(22-4)9-18-16-15-12(2)13(3)23-17(15)20-14(19-16)10-21-7-5-6-8-21/h11H,5-10H2,1-4H3,(H,18,19,20). The number of ether oxygens (including phenoxy) is 1. The van der Waals surface area contributed by atoms with Gasteiger partial charge in [0, 0.05) is 18.5 Å². The van der Waals surface area contributed by atoms with E-state index in [9.17, 15) is 0 Å². The maximum Gasteiger partial charge on any atom is 0.146 e. The van der Waals surface area contributed by atoms with Gasteiger partial charge in [-0.25, -0.2) is 9.97 Å². The van der Waals surface area contributed by atoms with Gasteiger partial charge < -0.3 is 10.1 Å². The largest absolute Gasteiger partial charge is 0.380 e. The van der Waals surface area contributed by atoms with E-state index in [0.717, 1.165) is 42.7 Å². The van der Waals surface area contributed by atoms with Gasteiger partial charge in [-0.05, 0) is 52.3 Å². The molecular weight excluding hydrogens is 308 g/mol. The molecule has 0 bridgehead atoms. The van der Waals surface area contributed by atoms with Gasteiger partial charge >= 0.3 is 0 Å². The lowest BCUT2D eigenvalue weighted by Gasteiger charge is -2.16. The summed E-state index contributed by atoms with van der Waals surface area (Å²) < 4.78 is 5.35. The molecule has 0 saturated carbocycles. The molecule has 3 rings (SSSR count). The molecule has 0 spiro atoms. The van der Waals surface area contributed by atoms with Crippen molar-refractivity contribution in [2.24, 2.45) is 0 Å². The summed E-state index contributed by atoms with van der Waals surface area (Å²) in [5, 5.41) is 4.64. The number of rotatable bonds is 6. The van der Waals surface area contributed by atoms with Crippen LogP contribution in [0.1, 0.15) is 36.0 Å². The van der Waals surface area contributed by atoms with E-state index in [1.807, 2.05) is 0 Å². The second-order valence-electron chi connectivity index (χ2n) is 6.36. The minimum Gasteiger partial charge on any atom is -0.380 e. The van der Waals surface area contributed by atoms with E-state index in [1.165, 1.54) is 28.7 Å². The van der Waals surface area contributed by atoms with Gasteiger partial charge in [0.05, 0.1) is 18.0 Å². The van der Waals surface area contributed by atoms with Crippen LogP contribution in [0, 0.1) is 13.8 Å². The summed E-state index contributed by atoms with van der Waals surface area (Å²) >= 11 is 1.76. The summed E-state index contributed by atoms with van der Waals surface area (Å²) in [6.07, 6.45) is 2.73. The number of nitrogens with zero attached hydrogens (tertiary/aromatic N) is 3. The molecule has 6 heteroatoms. The van der Waals surface area contributed by atoms with Crippen molar-refractivity contribution in [1.29, 1.82) is 0 Å². The number of hydrogen-bond donors (Lipinski definition) is 1. The molecule has 126 valence electrons. The van der Waals surface area contributed by atoms with E-state index >= 15 is 0 Å². The molecule has 1 N–H and O–H groups in total. The molecule has 1 atom stereocenters. The van der Waals surface area contributed by atoms with Crippen LogP contribution in [0.4, 0.5) is 5.82 Å². The number of aromatic nitrogens is 2. The number of fused-ring (bicyclic) bond motifs is 1. The Morgan fingerprint density at radius 3 is 2.70 bits per heavy atom. The average molecular weight is 334 g/mol. The molecule has 1 aliphatic rings. The number of hydrogen-bond acceptors (Lipinski definition) is 6. The Kier molecular flexibility index (Phi) is 5.14. The molecule has 3 heterocycles. The van der Waals surface area contributed by atoms with Gasteiger partial charge in [0.15, 0.2) is 0 Å². The van der Waals surface area contributed by atoms with Crippen LogP contribution in [0.2, 0.25) is 0 Å². The van der Waals surface area contributed by atoms with Crippen molar-refractivity contribution in [2.45, 2.75) is 46.3 Å². The van der Waals surface area contributed by atoms with Crippen molar-refractivity contribution in [1.82, 2.24) is 14.9 Å². The number of anilines is 1. The fourth-order valence-electron chi connectivity index (χ4n) is 2.96. The highest BCUT2D eigenvalue weighted by Gasteiger charge is 2.18. The molecular formula is C17H26N4OS. The van der Waals surface area contributed by atoms with Gasteiger partial charge in [-0.3, -0.25) is 4.90 Å². The lowest BCUT2D eigenvalue weighted by atomic mass is 10.2. The lowest BCUT2D eigenvalue weighted by Crippen LogP contribution is -2.22. The molecule has 5 nitrogen and oxygen atoms in total. The first-order chi connectivity index (χ1) is 11.1. The first-order valence-corrected chi connectivity index (χ1v) is 9.15. The van der Waals surface area contributed by atoms with E-state index in [4.69, 9.17) is 14.7 Å². The smallest absolute Gasteiger partial charge is 0.146 e. The molecule has 0 amide bonds. The summed E-state index contributed by atoms with van der Waals surface area (Å²) in [5.41, 5.74) is 1.28. The number of nitrogens with one attached hydrogen (secondary N) is 1. The van der Waals surface area contributed by atoms with Crippen molar-refractivity contribution in [2.75, 3.05) is 32.1 Å². The van der Waals surface area contributed by atoms with Crippen LogP contribution < -0.4 is 5.32 Å². The van der Waals surface area contributed by atoms with Crippen molar-refractivity contribution in [3.05, 3.63) is 16.3 Å². The second-order valence-corrected chi connectivity index (χ2v) is 7.57. The molecule has 1 saturated heterocycles. The van der Waals surface area contributed by atoms with Crippen molar-refractivity contribution >= 4 is 27.4 Å². The molecule has 23 heavy (non-hydrogen) atoms. The van der Waals surface area contributed by atoms with Crippen molar-refractivity contribution in [3.63, 3.8) is 0 Å². The third-order valence-corrected chi connectivity index (χ3v) is 5.70. The fourth-order valence-corrected chi connectivity index (χ4v) is 4.00. The average Bonchev–Trinajstić information content (AvgIpc) is 3.13. The monoisotopic (exact) mass is 334 g/mol. The van der Waals surface area contributed by atoms with E-state index in [1.54, 1.807) is 18.4 Å². The number of methoxy groups -OCH3 is 1. The zero-order valence-corrected chi connectivity index (χ0v) is 15.3. The van der Waals surface area contributed by atoms with E-state index in [2.05, 4.69) is 31.0 Å². The minimum absolute atomic E-state index is 0.155. The number of likely N-dealkylation sites (tertiary alicyclic amines) is 1. The summed E-state index contributed by atoms with van der Waals surface area (Å²) in [6.45, 7) is 10.3. The number of thiophene rings is 1. The van der Waals surface area contributed by atoms with Gasteiger partial charge in [-0.2, -0.15) is 0 Å². The maximum absolute atomic E-state index is 5.35. The summed E-state index contributed by atoms with van der Waals surface area (Å²) in [4.78, 5) is 14.5. The van der Waals surface area contributed by atoms with Crippen LogP contribution in [-0.4, -0.2) is 47.7 Å². The molecule has 2 aromatic heterocycles. The molecule has 1 unspecified atom stereocenters. The molecule has 1 aliphatic heterocycles. The summed E-state index contributed by atoms with van der Waals surface area (Å²) in [6, 6.07) is 0. The van der Waals surface area contributed by atoms with Gasteiger partial charge in [0.2, 0.25) is 0 Å². The predicted molar refractivity (Wildman–Crippen MR) is 96.4 cm³/mol. The summed E-state index contributed by atoms with van der Waals surface area (Å²) in [7, 11) is 1.74. The van der Waals surface area contributed by atoms with Crippen LogP contribution in [0.5, 0.6) is 0 Å². The van der Waals surface area contributed by atoms with Gasteiger partial charge in [-0.15, -0.1) is 11.3 Å². The molecule has 0 aliphatic carbocycles. The SMILES string of the molecule is COC(C)CNc1nc(CN2CCCC2)nc2sc(C)c(C)c12. The zero-order valence-electron chi connectivity index (χ0n) is 14.5. The van der Waals surface area contributed by atoms with Crippen LogP contribution in [0.15, 0.2) is 0 Å². The molecule has 0 aromatic carbocycles. The molecule has 2 aromatic rings. The Hall–Kier alpha value is -1.24. The van der Waals surface area contributed by atoms with Crippen molar-refractivity contribution in [3.8, 4) is 0 Å². The zero-order chi connectivity index (χ0) is 16.4. The van der Waals surface area contributed by atoms with Crippen LogP contribution >= 0.6 is 11.3 Å². The fraction of sp³-hybridized carbons (Fsp3) is 0.647. The maximum atomic E-state index is 5.35. The van der Waals surface area contributed by atoms with Crippen molar-refractivity contribution < 1.29 is 4.74 Å². The second kappa shape index (κ2) is 7.11. The third kappa shape index (κ3) is 3.65. The molecule has 0 radical (unpaired) electrons. The Morgan fingerprint density at radius 2 is 2.00 bits per heavy atom. The topological polar surface area (TPSA) is 50.3 Å². The predicted octanol–water partition coefficient (Wildman–Crippen LogP) is 3.35. The highest BCUT2D eigenvalue weighted by molar-refractivity contribution is 7.18. The van der Waals surface area contributed by atoms with Gasteiger partial charge in [0.1, 0.15) is 16.5 Å². The van der Waals surface area contributed by atoms with E-state index < -0.39 is 0 Å². The van der Waals surface area contributed by atoms with E-state index in [-0.39, 0.29) is 6.10 Å². The van der Waals surface area contributed by atoms with Crippen LogP contribution in [0.3, 0.4) is 0 Å². The van der Waals surface area contributed by atoms with Gasteiger partial charge in [0.25, 0.3) is 0 Å². The normalized spacial score (nSPS) is 17.0. The number of aryl methyl sites for hydroxylation is 2. The quantitative estimate of drug-likeness (QED) is 0.878. The Morgan fingerprint density at radius 1 is 1.26 bits per heavy atom. The lowest BCUT2D eigenvalue weighted by molar-refractivity contribution is 0.128. The van der Waals surface area contributed by atoms with Crippen LogP contribution in [0.25, 0.3) is 10.2 Å². The van der Waals surface area contributed by atoms with Crippen LogP contribution in [-0.2, 0) is 11.3 Å². The van der Waals surface area contributed by atoms with E-state index in [0.29, 0.717) is 0 Å². The first-order valence-electron chi connectivity index (χ1n) is 8.34. The Bertz CT molecular complexity index is 679. The Balaban J connectivity index is 1.92. The minimum atomic E-state index is 0.155. The molecule has 1 fully saturated rings. The highest BCUT2D eigenvalue weighted by Crippen LogP contribution is 2.33. The Labute approximate surface area is 142 Å². The van der Waals surface area contributed by atoms with Gasteiger partial charge in [-0.1, -0.05) is 0 Å². The summed E-state index contributed by atoms with van der Waals surface area (Å²) in [5.74, 6) is 1.88. The first kappa shape index (κ1) is 16.6.